The molecule has 1 atom stereocenters. The number of hydrogen-bond donors (Lipinski definition) is 0. The van der Waals surface area contributed by atoms with Gasteiger partial charge >= 0.3 is 0 Å². The molecule has 24 heavy (non-hydrogen) atoms. The van der Waals surface area contributed by atoms with Crippen LogP contribution in [0, 0.1) is 6.92 Å². The maximum Gasteiger partial charge on any atom is 0.218 e. The van der Waals surface area contributed by atoms with Crippen molar-refractivity contribution in [2.75, 3.05) is 6.54 Å². The fourth-order valence-electron chi connectivity index (χ4n) is 3.40. The van der Waals surface area contributed by atoms with E-state index in [1.54, 1.807) is 4.31 Å². The molecule has 1 fully saturated rings. The molecule has 0 unspecified atom stereocenters. The molecular weight excluding hydrogens is 318 g/mol. The molecule has 4 heteroatoms. The number of aryl methyl sites for hydroxylation is 1. The maximum absolute atomic E-state index is 13.1. The van der Waals surface area contributed by atoms with E-state index in [1.165, 1.54) is 5.56 Å². The van der Waals surface area contributed by atoms with Crippen LogP contribution in [0.1, 0.15) is 48.4 Å². The first-order valence-electron chi connectivity index (χ1n) is 8.66. The Morgan fingerprint density at radius 3 is 2.38 bits per heavy atom. The second-order valence-electron chi connectivity index (χ2n) is 6.63. The van der Waals surface area contributed by atoms with Crippen molar-refractivity contribution in [3.8, 4) is 0 Å². The zero-order valence-corrected chi connectivity index (χ0v) is 15.0. The van der Waals surface area contributed by atoms with Gasteiger partial charge in [-0.2, -0.15) is 4.31 Å². The van der Waals surface area contributed by atoms with Gasteiger partial charge in [0.15, 0.2) is 0 Å². The van der Waals surface area contributed by atoms with Crippen molar-refractivity contribution in [1.29, 1.82) is 0 Å². The summed E-state index contributed by atoms with van der Waals surface area (Å²) in [6, 6.07) is 17.7. The van der Waals surface area contributed by atoms with Gasteiger partial charge < -0.3 is 0 Å². The molecule has 1 heterocycles. The van der Waals surface area contributed by atoms with Crippen LogP contribution in [0.4, 0.5) is 0 Å². The van der Waals surface area contributed by atoms with Crippen LogP contribution in [0.15, 0.2) is 54.6 Å². The molecule has 0 amide bonds. The highest BCUT2D eigenvalue weighted by Crippen LogP contribution is 2.33. The second kappa shape index (κ2) is 7.49. The van der Waals surface area contributed by atoms with Crippen molar-refractivity contribution in [3.05, 3.63) is 71.3 Å². The first-order chi connectivity index (χ1) is 11.6. The van der Waals surface area contributed by atoms with Crippen LogP contribution in [0.5, 0.6) is 0 Å². The molecule has 1 aliphatic rings. The molecule has 0 N–H and O–H groups in total. The molecule has 0 aliphatic carbocycles. The van der Waals surface area contributed by atoms with Crippen molar-refractivity contribution >= 4 is 10.0 Å². The van der Waals surface area contributed by atoms with Gasteiger partial charge in [-0.3, -0.25) is 0 Å². The predicted octanol–water partition coefficient (Wildman–Crippen LogP) is 4.44. The van der Waals surface area contributed by atoms with Gasteiger partial charge in [-0.25, -0.2) is 8.42 Å². The smallest absolute Gasteiger partial charge is 0.212 e. The third kappa shape index (κ3) is 4.05. The lowest BCUT2D eigenvalue weighted by Crippen LogP contribution is -2.35. The third-order valence-corrected chi connectivity index (χ3v) is 6.56. The highest BCUT2D eigenvalue weighted by molar-refractivity contribution is 7.88. The van der Waals surface area contributed by atoms with Gasteiger partial charge in [0.1, 0.15) is 0 Å². The van der Waals surface area contributed by atoms with Gasteiger partial charge in [0.05, 0.1) is 5.75 Å². The summed E-state index contributed by atoms with van der Waals surface area (Å²) < 4.78 is 27.9. The van der Waals surface area contributed by atoms with E-state index in [0.717, 1.165) is 36.8 Å². The summed E-state index contributed by atoms with van der Waals surface area (Å²) in [5, 5.41) is 0. The highest BCUT2D eigenvalue weighted by Gasteiger charge is 2.32. The van der Waals surface area contributed by atoms with E-state index in [-0.39, 0.29) is 11.8 Å². The lowest BCUT2D eigenvalue weighted by Gasteiger charge is -2.29. The van der Waals surface area contributed by atoms with Gasteiger partial charge in [-0.1, -0.05) is 73.0 Å². The minimum Gasteiger partial charge on any atom is -0.212 e. The Hall–Kier alpha value is -1.65. The van der Waals surface area contributed by atoms with E-state index >= 15 is 0 Å². The summed E-state index contributed by atoms with van der Waals surface area (Å²) in [7, 11) is -3.33. The molecule has 3 nitrogen and oxygen atoms in total. The zero-order valence-electron chi connectivity index (χ0n) is 14.2. The largest absolute Gasteiger partial charge is 0.218 e. The summed E-state index contributed by atoms with van der Waals surface area (Å²) >= 11 is 0. The third-order valence-electron chi connectivity index (χ3n) is 4.72. The minimum atomic E-state index is -3.33. The first-order valence-corrected chi connectivity index (χ1v) is 10.3. The topological polar surface area (TPSA) is 37.4 Å². The number of benzene rings is 2. The molecular formula is C20H25NO2S. The monoisotopic (exact) mass is 343 g/mol. The SMILES string of the molecule is Cc1ccc([C@@H]2CCCCCN2S(=O)(=O)Cc2ccccc2)cc1. The van der Waals surface area contributed by atoms with Crippen LogP contribution in [-0.2, 0) is 15.8 Å². The van der Waals surface area contributed by atoms with Crippen LogP contribution in [0.3, 0.4) is 0 Å². The van der Waals surface area contributed by atoms with Crippen LogP contribution >= 0.6 is 0 Å². The molecule has 1 aliphatic heterocycles. The Kier molecular flexibility index (Phi) is 5.36. The van der Waals surface area contributed by atoms with Gasteiger partial charge in [-0.15, -0.1) is 0 Å². The Labute approximate surface area is 145 Å². The van der Waals surface area contributed by atoms with Crippen LogP contribution < -0.4 is 0 Å². The second-order valence-corrected chi connectivity index (χ2v) is 8.55. The van der Waals surface area contributed by atoms with E-state index < -0.39 is 10.0 Å². The molecule has 128 valence electrons. The number of hydrogen-bond acceptors (Lipinski definition) is 2. The molecule has 0 bridgehead atoms. The van der Waals surface area contributed by atoms with E-state index in [0.29, 0.717) is 6.54 Å². The summed E-state index contributed by atoms with van der Waals surface area (Å²) in [6.45, 7) is 2.68. The fraction of sp³-hybridized carbons (Fsp3) is 0.400. The summed E-state index contributed by atoms with van der Waals surface area (Å²) in [4.78, 5) is 0. The Morgan fingerprint density at radius 2 is 1.67 bits per heavy atom. The van der Waals surface area contributed by atoms with Crippen molar-refractivity contribution in [2.45, 2.75) is 44.4 Å². The van der Waals surface area contributed by atoms with E-state index in [2.05, 4.69) is 31.2 Å². The van der Waals surface area contributed by atoms with E-state index in [1.807, 2.05) is 30.3 Å². The summed E-state index contributed by atoms with van der Waals surface area (Å²) in [6.07, 6.45) is 4.02. The number of nitrogens with zero attached hydrogens (tertiary/aromatic N) is 1. The minimum absolute atomic E-state index is 0.0400. The van der Waals surface area contributed by atoms with Gasteiger partial charge in [0.25, 0.3) is 0 Å². The first kappa shape index (κ1) is 17.2. The lowest BCUT2D eigenvalue weighted by molar-refractivity contribution is 0.328. The molecule has 0 radical (unpaired) electrons. The molecule has 3 rings (SSSR count). The van der Waals surface area contributed by atoms with Crippen LogP contribution in [0.2, 0.25) is 0 Å². The average molecular weight is 343 g/mol. The zero-order chi connectivity index (χ0) is 17.0. The predicted molar refractivity (Wildman–Crippen MR) is 98.2 cm³/mol. The van der Waals surface area contributed by atoms with E-state index in [9.17, 15) is 8.42 Å². The standard InChI is InChI=1S/C20H25NO2S/c1-17-11-13-19(14-12-17)20-10-6-3-7-15-21(20)24(22,23)16-18-8-4-2-5-9-18/h2,4-5,8-9,11-14,20H,3,6-7,10,15-16H2,1H3/t20-/m0/s1. The highest BCUT2D eigenvalue weighted by atomic mass is 32.2. The maximum atomic E-state index is 13.1. The molecule has 0 saturated carbocycles. The van der Waals surface area contributed by atoms with Crippen molar-refractivity contribution in [2.24, 2.45) is 0 Å². The fourth-order valence-corrected chi connectivity index (χ4v) is 5.21. The van der Waals surface area contributed by atoms with Crippen molar-refractivity contribution in [3.63, 3.8) is 0 Å². The number of sulfonamides is 1. The molecule has 2 aromatic rings. The number of rotatable bonds is 4. The average Bonchev–Trinajstić information content (AvgIpc) is 2.83. The van der Waals surface area contributed by atoms with E-state index in [4.69, 9.17) is 0 Å². The molecule has 1 saturated heterocycles. The van der Waals surface area contributed by atoms with Crippen molar-refractivity contribution < 1.29 is 8.42 Å². The summed E-state index contributed by atoms with van der Waals surface area (Å²) in [5.41, 5.74) is 3.16. The Balaban J connectivity index is 1.90. The Morgan fingerprint density at radius 1 is 0.958 bits per heavy atom. The van der Waals surface area contributed by atoms with Gasteiger partial charge in [-0.05, 0) is 30.9 Å². The molecule has 2 aromatic carbocycles. The van der Waals surface area contributed by atoms with Crippen LogP contribution in [-0.4, -0.2) is 19.3 Å². The van der Waals surface area contributed by atoms with Gasteiger partial charge in [0.2, 0.25) is 10.0 Å². The molecule has 0 spiro atoms. The summed E-state index contributed by atoms with van der Waals surface area (Å²) in [5.74, 6) is 0.0796. The quantitative estimate of drug-likeness (QED) is 0.823. The molecule has 0 aromatic heterocycles. The normalized spacial score (nSPS) is 19.8. The van der Waals surface area contributed by atoms with Crippen molar-refractivity contribution in [1.82, 2.24) is 4.31 Å². The van der Waals surface area contributed by atoms with Crippen LogP contribution in [0.25, 0.3) is 0 Å². The Bertz CT molecular complexity index is 754. The van der Waals surface area contributed by atoms with Gasteiger partial charge in [0, 0.05) is 12.6 Å². The lowest BCUT2D eigenvalue weighted by atomic mass is 10.0.